The number of piperidine rings is 1. The average molecular weight is 453 g/mol. The molecule has 1 N–H and O–H groups in total. The van der Waals surface area contributed by atoms with E-state index in [9.17, 15) is 4.79 Å². The third-order valence-electron chi connectivity index (χ3n) is 6.78. The largest absolute Gasteiger partial charge is 0.339 e. The van der Waals surface area contributed by atoms with Crippen molar-refractivity contribution < 1.29 is 4.79 Å². The van der Waals surface area contributed by atoms with Gasteiger partial charge in [0.15, 0.2) is 4.77 Å². The van der Waals surface area contributed by atoms with Crippen molar-refractivity contribution in [1.29, 1.82) is 0 Å². The van der Waals surface area contributed by atoms with Gasteiger partial charge in [0.2, 0.25) is 0 Å². The van der Waals surface area contributed by atoms with Gasteiger partial charge >= 0.3 is 0 Å². The molecule has 1 amide bonds. The first-order valence-electron chi connectivity index (χ1n) is 11.4. The molecule has 1 fully saturated rings. The predicted octanol–water partition coefficient (Wildman–Crippen LogP) is 5.79. The normalized spacial score (nSPS) is 15.0. The maximum absolute atomic E-state index is 13.3. The number of H-pyrrole nitrogens is 1. The molecule has 0 aliphatic carbocycles. The van der Waals surface area contributed by atoms with Crippen LogP contribution in [0.25, 0.3) is 27.6 Å². The summed E-state index contributed by atoms with van der Waals surface area (Å²) in [4.78, 5) is 23.4. The third kappa shape index (κ3) is 3.60. The van der Waals surface area contributed by atoms with E-state index in [1.54, 1.807) is 0 Å². The summed E-state index contributed by atoms with van der Waals surface area (Å²) < 4.78 is 2.55. The van der Waals surface area contributed by atoms with Gasteiger partial charge in [0, 0.05) is 24.0 Å². The fraction of sp³-hybridized carbons (Fsp3) is 0.222. The highest BCUT2D eigenvalue weighted by atomic mass is 32.1. The van der Waals surface area contributed by atoms with E-state index in [-0.39, 0.29) is 5.91 Å². The Morgan fingerprint density at radius 1 is 1.00 bits per heavy atom. The molecule has 1 aliphatic heterocycles. The number of likely N-dealkylation sites (tertiary alicyclic amines) is 1. The summed E-state index contributed by atoms with van der Waals surface area (Å²) in [5, 5.41) is 0.956. The first-order valence-corrected chi connectivity index (χ1v) is 11.8. The Labute approximate surface area is 196 Å². The number of rotatable bonds is 3. The summed E-state index contributed by atoms with van der Waals surface area (Å²) in [6.45, 7) is 1.60. The number of hydrogen-bond donors (Lipinski definition) is 1. The summed E-state index contributed by atoms with van der Waals surface area (Å²) in [7, 11) is 0. The summed E-state index contributed by atoms with van der Waals surface area (Å²) in [6, 6.07) is 24.4. The van der Waals surface area contributed by atoms with Crippen molar-refractivity contribution in [3.8, 4) is 0 Å². The summed E-state index contributed by atoms with van der Waals surface area (Å²) >= 11 is 5.64. The minimum atomic E-state index is 0.0859. The monoisotopic (exact) mass is 452 g/mol. The number of imidazole rings is 1. The topological polar surface area (TPSA) is 53.4 Å². The van der Waals surface area contributed by atoms with Gasteiger partial charge in [-0.1, -0.05) is 42.5 Å². The standard InChI is InChI=1S/C27H24N4OS/c32-26(30-14-12-19(13-15-30)16-18-6-2-1-3-7-18)20-10-11-21-23(17-20)29-27(33)31-24-9-5-4-8-22(24)28-25(21)31/h1-11,17,19H,12-16H2,(H,29,33). The lowest BCUT2D eigenvalue weighted by Crippen LogP contribution is -2.38. The molecule has 5 nitrogen and oxygen atoms in total. The maximum Gasteiger partial charge on any atom is 0.253 e. The molecule has 2 aromatic heterocycles. The molecule has 3 heterocycles. The zero-order valence-corrected chi connectivity index (χ0v) is 19.0. The number of amides is 1. The van der Waals surface area contributed by atoms with E-state index >= 15 is 0 Å². The molecule has 0 atom stereocenters. The molecule has 3 aromatic carbocycles. The Morgan fingerprint density at radius 2 is 1.76 bits per heavy atom. The zero-order valence-electron chi connectivity index (χ0n) is 18.2. The zero-order chi connectivity index (χ0) is 22.4. The molecule has 164 valence electrons. The van der Waals surface area contributed by atoms with Crippen molar-refractivity contribution >= 4 is 45.7 Å². The van der Waals surface area contributed by atoms with Crippen LogP contribution in [-0.4, -0.2) is 38.3 Å². The molecule has 0 saturated carbocycles. The minimum Gasteiger partial charge on any atom is -0.339 e. The second-order valence-corrected chi connectivity index (χ2v) is 9.26. The Hall–Kier alpha value is -3.51. The van der Waals surface area contributed by atoms with Crippen molar-refractivity contribution in [2.45, 2.75) is 19.3 Å². The summed E-state index contributed by atoms with van der Waals surface area (Å²) in [5.41, 5.74) is 5.61. The first kappa shape index (κ1) is 20.1. The van der Waals surface area contributed by atoms with Crippen LogP contribution in [-0.2, 0) is 6.42 Å². The molecule has 1 saturated heterocycles. The number of nitrogens with one attached hydrogen (secondary N) is 1. The molecule has 6 heteroatoms. The number of aromatic amines is 1. The molecular formula is C27H24N4OS. The fourth-order valence-electron chi connectivity index (χ4n) is 5.03. The van der Waals surface area contributed by atoms with Crippen molar-refractivity contribution in [3.05, 3.63) is 88.7 Å². The summed E-state index contributed by atoms with van der Waals surface area (Å²) in [6.07, 6.45) is 3.17. The van der Waals surface area contributed by atoms with Gasteiger partial charge in [0.25, 0.3) is 5.91 Å². The Morgan fingerprint density at radius 3 is 2.58 bits per heavy atom. The van der Waals surface area contributed by atoms with Crippen LogP contribution in [0.2, 0.25) is 0 Å². The quantitative estimate of drug-likeness (QED) is 0.352. The lowest BCUT2D eigenvalue weighted by atomic mass is 9.90. The van der Waals surface area contributed by atoms with E-state index < -0.39 is 0 Å². The number of fused-ring (bicyclic) bond motifs is 5. The number of nitrogens with zero attached hydrogens (tertiary/aromatic N) is 3. The van der Waals surface area contributed by atoms with Crippen molar-refractivity contribution in [1.82, 2.24) is 19.3 Å². The number of hydrogen-bond acceptors (Lipinski definition) is 3. The van der Waals surface area contributed by atoms with E-state index in [1.165, 1.54) is 5.56 Å². The van der Waals surface area contributed by atoms with E-state index in [4.69, 9.17) is 17.2 Å². The van der Waals surface area contributed by atoms with Crippen LogP contribution in [0.1, 0.15) is 28.8 Å². The van der Waals surface area contributed by atoms with E-state index in [0.29, 0.717) is 16.3 Å². The lowest BCUT2D eigenvalue weighted by Gasteiger charge is -2.32. The van der Waals surface area contributed by atoms with Crippen molar-refractivity contribution in [2.75, 3.05) is 13.1 Å². The first-order chi connectivity index (χ1) is 16.2. The van der Waals surface area contributed by atoms with Crippen molar-refractivity contribution in [2.24, 2.45) is 5.92 Å². The molecule has 0 radical (unpaired) electrons. The lowest BCUT2D eigenvalue weighted by molar-refractivity contribution is 0.0690. The maximum atomic E-state index is 13.3. The highest BCUT2D eigenvalue weighted by Gasteiger charge is 2.24. The van der Waals surface area contributed by atoms with Crippen LogP contribution >= 0.6 is 12.2 Å². The fourth-order valence-corrected chi connectivity index (χ4v) is 5.32. The van der Waals surface area contributed by atoms with Gasteiger partial charge in [-0.25, -0.2) is 4.98 Å². The SMILES string of the molecule is O=C(c1ccc2c(c1)[nH]c(=S)n1c3ccccc3nc21)N1CCC(Cc2ccccc2)CC1. The van der Waals surface area contributed by atoms with Gasteiger partial charge in [-0.15, -0.1) is 0 Å². The minimum absolute atomic E-state index is 0.0859. The van der Waals surface area contributed by atoms with Crippen LogP contribution in [0, 0.1) is 10.7 Å². The van der Waals surface area contributed by atoms with E-state index in [1.807, 2.05) is 51.8 Å². The second-order valence-electron chi connectivity index (χ2n) is 8.88. The van der Waals surface area contributed by atoms with E-state index in [0.717, 1.165) is 59.9 Å². The smallest absolute Gasteiger partial charge is 0.253 e. The highest BCUT2D eigenvalue weighted by molar-refractivity contribution is 7.71. The van der Waals surface area contributed by atoms with Gasteiger partial charge in [-0.05, 0) is 73.3 Å². The van der Waals surface area contributed by atoms with E-state index in [2.05, 4.69) is 35.3 Å². The second kappa shape index (κ2) is 8.12. The van der Waals surface area contributed by atoms with Gasteiger partial charge in [0.05, 0.1) is 16.6 Å². The third-order valence-corrected chi connectivity index (χ3v) is 7.07. The predicted molar refractivity (Wildman–Crippen MR) is 134 cm³/mol. The molecule has 0 bridgehead atoms. The number of para-hydroxylation sites is 2. The van der Waals surface area contributed by atoms with Gasteiger partial charge in [-0.3, -0.25) is 9.20 Å². The Balaban J connectivity index is 1.26. The molecule has 0 spiro atoms. The molecule has 1 aliphatic rings. The van der Waals surface area contributed by atoms with Crippen LogP contribution < -0.4 is 0 Å². The highest BCUT2D eigenvalue weighted by Crippen LogP contribution is 2.26. The van der Waals surface area contributed by atoms with Crippen LogP contribution in [0.15, 0.2) is 72.8 Å². The van der Waals surface area contributed by atoms with Gasteiger partial charge in [-0.2, -0.15) is 0 Å². The molecule has 5 aromatic rings. The average Bonchev–Trinajstić information content (AvgIpc) is 3.25. The van der Waals surface area contributed by atoms with Crippen LogP contribution in [0.5, 0.6) is 0 Å². The molecule has 6 rings (SSSR count). The Bertz CT molecular complexity index is 1550. The van der Waals surface area contributed by atoms with Crippen molar-refractivity contribution in [3.63, 3.8) is 0 Å². The molecular weight excluding hydrogens is 428 g/mol. The number of carbonyl (C=O) groups is 1. The molecule has 0 unspecified atom stereocenters. The van der Waals surface area contributed by atoms with Gasteiger partial charge in [0.1, 0.15) is 5.65 Å². The molecule has 33 heavy (non-hydrogen) atoms. The van der Waals surface area contributed by atoms with Gasteiger partial charge < -0.3 is 9.88 Å². The van der Waals surface area contributed by atoms with Crippen LogP contribution in [0.4, 0.5) is 0 Å². The number of aromatic nitrogens is 3. The number of benzene rings is 3. The Kier molecular flexibility index (Phi) is 4.95. The van der Waals surface area contributed by atoms with Crippen LogP contribution in [0.3, 0.4) is 0 Å². The number of carbonyl (C=O) groups excluding carboxylic acids is 1. The summed E-state index contributed by atoms with van der Waals surface area (Å²) in [5.74, 6) is 0.717.